The molecular formula is C77H101N9O12. The minimum Gasteiger partial charge on any atom is -0.444 e. The van der Waals surface area contributed by atoms with Gasteiger partial charge in [0.15, 0.2) is 5.78 Å². The highest BCUT2D eigenvalue weighted by Crippen LogP contribution is 2.36. The molecule has 10 atom stereocenters. The third-order valence-electron chi connectivity index (χ3n) is 18.0. The van der Waals surface area contributed by atoms with Crippen molar-refractivity contribution in [3.05, 3.63) is 178 Å². The Morgan fingerprint density at radius 2 is 0.827 bits per heavy atom. The summed E-state index contributed by atoms with van der Waals surface area (Å²) in [5.74, 6) is -5.15. The standard InChI is InChI=1S/C77H101N9O12/c1-46-29-33-52(34-30-46)62(50-25-21-19-22-26-50)80-68(91)59-41-56(44-85(59)70(93)58(74(5,6)7)43-61(87)48(3)83(17)72(95)97-76(11,12)13)78-66(89)54-37-39-55(40-38-54)67(90)79-57-42-60(69(92)81-63(51-27-23-20-24-28-51)53-35-31-47(2)32-36-53)86(45-57)71(94)64(75(8,9)10)82-65(88)49(4)84(18)73(96)98-77(14,15)16/h19-40,48-49,56-60,62-64H,41-45H2,1-18H3,(H,78,89)(H,79,90)(H,80,91)(H,81,92)(H,82,88)/t48-,49-,56-,57-,58+,59-,60-,62+,63+,64+/m0/s1. The lowest BCUT2D eigenvalue weighted by Gasteiger charge is -2.37. The third-order valence-corrected chi connectivity index (χ3v) is 18.0. The molecule has 0 saturated carbocycles. The van der Waals surface area contributed by atoms with Crippen LogP contribution in [0.5, 0.6) is 0 Å². The number of benzene rings is 5. The fourth-order valence-electron chi connectivity index (χ4n) is 12.0. The molecule has 0 spiro atoms. The number of nitrogens with zero attached hydrogens (tertiary/aromatic N) is 4. The van der Waals surface area contributed by atoms with E-state index in [-0.39, 0.29) is 49.3 Å². The number of amides is 9. The zero-order valence-corrected chi connectivity index (χ0v) is 60.2. The molecule has 0 aliphatic carbocycles. The molecular weight excluding hydrogens is 1240 g/mol. The highest BCUT2D eigenvalue weighted by atomic mass is 16.6. The van der Waals surface area contributed by atoms with E-state index in [2.05, 4.69) is 26.6 Å². The van der Waals surface area contributed by atoms with Gasteiger partial charge in [-0.05, 0) is 139 Å². The first-order chi connectivity index (χ1) is 45.7. The Hall–Kier alpha value is -9.40. The molecule has 21 heteroatoms. The number of ether oxygens (including phenoxy) is 2. The van der Waals surface area contributed by atoms with Gasteiger partial charge < -0.3 is 50.8 Å². The Morgan fingerprint density at radius 1 is 0.469 bits per heavy atom. The van der Waals surface area contributed by atoms with Gasteiger partial charge in [-0.2, -0.15) is 0 Å². The number of nitrogens with one attached hydrogen (secondary N) is 5. The van der Waals surface area contributed by atoms with Crippen molar-refractivity contribution >= 4 is 59.3 Å². The predicted octanol–water partition coefficient (Wildman–Crippen LogP) is 10.2. The van der Waals surface area contributed by atoms with Crippen molar-refractivity contribution in [3.8, 4) is 0 Å². The summed E-state index contributed by atoms with van der Waals surface area (Å²) in [6.45, 7) is 27.9. The number of aryl methyl sites for hydroxylation is 2. The van der Waals surface area contributed by atoms with Crippen LogP contribution >= 0.6 is 0 Å². The monoisotopic (exact) mass is 1340 g/mol. The normalized spacial score (nSPS) is 18.3. The highest BCUT2D eigenvalue weighted by molar-refractivity contribution is 6.00. The van der Waals surface area contributed by atoms with Crippen molar-refractivity contribution in [2.75, 3.05) is 27.2 Å². The summed E-state index contributed by atoms with van der Waals surface area (Å²) in [5, 5.41) is 15.4. The molecule has 5 aromatic rings. The molecule has 2 fully saturated rings. The Labute approximate surface area is 577 Å². The molecule has 0 aromatic heterocycles. The quantitative estimate of drug-likeness (QED) is 0.0460. The number of hydrogen-bond acceptors (Lipinski definition) is 12. The minimum atomic E-state index is -1.21. The minimum absolute atomic E-state index is 0.00797. The van der Waals surface area contributed by atoms with E-state index in [1.165, 1.54) is 60.0 Å². The second kappa shape index (κ2) is 31.4. The first-order valence-electron chi connectivity index (χ1n) is 33.6. The van der Waals surface area contributed by atoms with Crippen molar-refractivity contribution in [1.82, 2.24) is 46.2 Å². The molecule has 98 heavy (non-hydrogen) atoms. The van der Waals surface area contributed by atoms with Gasteiger partial charge in [0.25, 0.3) is 11.8 Å². The van der Waals surface area contributed by atoms with Crippen LogP contribution in [-0.4, -0.2) is 160 Å². The molecule has 2 heterocycles. The summed E-state index contributed by atoms with van der Waals surface area (Å²) >= 11 is 0. The first-order valence-corrected chi connectivity index (χ1v) is 33.6. The maximum absolute atomic E-state index is 15.3. The molecule has 2 aliphatic rings. The van der Waals surface area contributed by atoms with E-state index in [0.29, 0.717) is 0 Å². The summed E-state index contributed by atoms with van der Waals surface area (Å²) in [4.78, 5) is 149. The number of carbonyl (C=O) groups is 10. The van der Waals surface area contributed by atoms with E-state index in [4.69, 9.17) is 9.47 Å². The molecule has 2 saturated heterocycles. The predicted molar refractivity (Wildman–Crippen MR) is 375 cm³/mol. The zero-order valence-electron chi connectivity index (χ0n) is 60.2. The topological polar surface area (TPSA) is 262 Å². The Kier molecular flexibility index (Phi) is 24.4. The van der Waals surface area contributed by atoms with Gasteiger partial charge in [-0.25, -0.2) is 9.59 Å². The van der Waals surface area contributed by atoms with Crippen LogP contribution in [0.4, 0.5) is 9.59 Å². The molecule has 5 N–H and O–H groups in total. The lowest BCUT2D eigenvalue weighted by Crippen LogP contribution is -2.60. The number of likely N-dealkylation sites (N-methyl/N-ethyl adjacent to an activating group) is 2. The van der Waals surface area contributed by atoms with Crippen molar-refractivity contribution < 1.29 is 57.4 Å². The lowest BCUT2D eigenvalue weighted by molar-refractivity contribution is -0.146. The van der Waals surface area contributed by atoms with Gasteiger partial charge >= 0.3 is 12.2 Å². The molecule has 2 aliphatic heterocycles. The Balaban J connectivity index is 1.13. The Bertz CT molecular complexity index is 3430. The smallest absolute Gasteiger partial charge is 0.410 e. The zero-order chi connectivity index (χ0) is 72.5. The van der Waals surface area contributed by atoms with Crippen LogP contribution in [0.3, 0.4) is 0 Å². The van der Waals surface area contributed by atoms with Gasteiger partial charge in [0.1, 0.15) is 35.4 Å². The molecule has 0 bridgehead atoms. The summed E-state index contributed by atoms with van der Waals surface area (Å²) in [7, 11) is 2.90. The maximum Gasteiger partial charge on any atom is 0.410 e. The number of Topliss-reactive ketones (excluding diaryl/α,β-unsaturated/α-hetero) is 1. The van der Waals surface area contributed by atoms with Crippen LogP contribution in [0.2, 0.25) is 0 Å². The molecule has 526 valence electrons. The van der Waals surface area contributed by atoms with Crippen LogP contribution in [0.1, 0.15) is 182 Å². The number of hydrogen-bond donors (Lipinski definition) is 5. The van der Waals surface area contributed by atoms with Gasteiger partial charge in [0, 0.05) is 62.7 Å². The number of rotatable bonds is 21. The largest absolute Gasteiger partial charge is 0.444 e. The second-order valence-corrected chi connectivity index (χ2v) is 30.4. The number of carbonyl (C=O) groups excluding carboxylic acids is 10. The van der Waals surface area contributed by atoms with E-state index in [9.17, 15) is 33.6 Å². The number of likely N-dealkylation sites (tertiary alicyclic amines) is 2. The first kappa shape index (κ1) is 76.0. The molecule has 7 rings (SSSR count). The maximum atomic E-state index is 15.3. The van der Waals surface area contributed by atoms with Crippen LogP contribution in [0.15, 0.2) is 133 Å². The van der Waals surface area contributed by atoms with Crippen molar-refractivity contribution in [2.45, 2.75) is 196 Å². The van der Waals surface area contributed by atoms with Gasteiger partial charge in [-0.15, -0.1) is 0 Å². The number of ketones is 1. The van der Waals surface area contributed by atoms with Crippen molar-refractivity contribution in [2.24, 2.45) is 16.7 Å². The van der Waals surface area contributed by atoms with Crippen molar-refractivity contribution in [3.63, 3.8) is 0 Å². The molecule has 9 amide bonds. The SMILES string of the molecule is Cc1ccc([C@H](NC(=O)[C@@H]2C[C@H](NC(=O)c3ccc(C(=O)N[C@H]4C[C@@H](C(=O)N[C@H](c5ccccc5)c5ccc(C)cc5)N(C(=O)[C@@H](NC(=O)[C@H](C)N(C)C(=O)OC(C)(C)C)C(C)(C)C)C4)cc3)CN2C(=O)[C@@H](CC(=O)[C@H](C)N(C)C(=O)OC(C)(C)C)C(C)(C)C)c2ccccc2)cc1. The van der Waals surface area contributed by atoms with Gasteiger partial charge in [-0.1, -0.05) is 162 Å². The summed E-state index contributed by atoms with van der Waals surface area (Å²) in [6.07, 6.45) is -1.71. The molecule has 0 unspecified atom stereocenters. The average Bonchev–Trinajstić information content (AvgIpc) is 1.60. The van der Waals surface area contributed by atoms with Gasteiger partial charge in [-0.3, -0.25) is 43.3 Å². The second-order valence-electron chi connectivity index (χ2n) is 30.4. The Morgan fingerprint density at radius 3 is 1.18 bits per heavy atom. The lowest BCUT2D eigenvalue weighted by atomic mass is 9.76. The summed E-state index contributed by atoms with van der Waals surface area (Å²) < 4.78 is 11.1. The van der Waals surface area contributed by atoms with Crippen LogP contribution in [0, 0.1) is 30.6 Å². The van der Waals surface area contributed by atoms with Crippen LogP contribution in [0.25, 0.3) is 0 Å². The molecule has 5 aromatic carbocycles. The fourth-order valence-corrected chi connectivity index (χ4v) is 12.0. The van der Waals surface area contributed by atoms with Gasteiger partial charge in [0.2, 0.25) is 29.5 Å². The third kappa shape index (κ3) is 19.9. The van der Waals surface area contributed by atoms with E-state index in [1.54, 1.807) is 69.2 Å². The van der Waals surface area contributed by atoms with E-state index < -0.39 is 136 Å². The van der Waals surface area contributed by atoms with E-state index in [0.717, 1.165) is 38.3 Å². The molecule has 0 radical (unpaired) electrons. The van der Waals surface area contributed by atoms with E-state index in [1.807, 2.05) is 144 Å². The van der Waals surface area contributed by atoms with Crippen LogP contribution in [-0.2, 0) is 38.2 Å². The van der Waals surface area contributed by atoms with Gasteiger partial charge in [0.05, 0.1) is 18.1 Å². The summed E-state index contributed by atoms with van der Waals surface area (Å²) in [6, 6.07) is 31.9. The fraction of sp³-hybridized carbons (Fsp3) is 0.481. The van der Waals surface area contributed by atoms with Crippen molar-refractivity contribution in [1.29, 1.82) is 0 Å². The average molecular weight is 1340 g/mol. The molecule has 21 nitrogen and oxygen atoms in total. The van der Waals surface area contributed by atoms with Crippen LogP contribution < -0.4 is 26.6 Å². The summed E-state index contributed by atoms with van der Waals surface area (Å²) in [5.41, 5.74) is 2.13. The van der Waals surface area contributed by atoms with E-state index >= 15 is 14.4 Å². The highest BCUT2D eigenvalue weighted by Gasteiger charge is 2.49.